The maximum Gasteiger partial charge on any atom is 0.315 e. The lowest BCUT2D eigenvalue weighted by atomic mass is 10.1. The van der Waals surface area contributed by atoms with E-state index in [1.807, 2.05) is 6.07 Å². The first-order chi connectivity index (χ1) is 15.2. The van der Waals surface area contributed by atoms with Crippen molar-refractivity contribution in [3.05, 3.63) is 59.9 Å². The standard InChI is InChI=1S/C23H26FN5O2/c24-20-16-18(26-21(30)17-8-2-1-3-9-17)10-11-19(20)22-27-28-23(31-22)25-12-4-5-13-29-14-6-7-15-29/h1-3,8-11,16H,4-7,12-15H2,(H,25,28)(H,26,30). The van der Waals surface area contributed by atoms with Crippen molar-refractivity contribution in [2.75, 3.05) is 36.8 Å². The van der Waals surface area contributed by atoms with Crippen LogP contribution < -0.4 is 10.6 Å². The van der Waals surface area contributed by atoms with Gasteiger partial charge in [-0.2, -0.15) is 0 Å². The fraction of sp³-hybridized carbons (Fsp3) is 0.348. The number of nitrogens with one attached hydrogen (secondary N) is 2. The number of amides is 1. The van der Waals surface area contributed by atoms with Gasteiger partial charge in [-0.25, -0.2) is 4.39 Å². The summed E-state index contributed by atoms with van der Waals surface area (Å²) in [6.45, 7) is 4.26. The minimum atomic E-state index is -0.549. The van der Waals surface area contributed by atoms with Gasteiger partial charge in [0.05, 0.1) is 5.56 Å². The first kappa shape index (κ1) is 21.0. The summed E-state index contributed by atoms with van der Waals surface area (Å²) in [5.74, 6) is -0.758. The minimum Gasteiger partial charge on any atom is -0.403 e. The van der Waals surface area contributed by atoms with Gasteiger partial charge >= 0.3 is 6.01 Å². The molecule has 1 fully saturated rings. The molecule has 31 heavy (non-hydrogen) atoms. The molecule has 8 heteroatoms. The highest BCUT2D eigenvalue weighted by molar-refractivity contribution is 6.04. The molecule has 1 aliphatic rings. The molecule has 7 nitrogen and oxygen atoms in total. The number of carbonyl (C=O) groups excluding carboxylic acids is 1. The quantitative estimate of drug-likeness (QED) is 0.496. The lowest BCUT2D eigenvalue weighted by Crippen LogP contribution is -2.20. The predicted molar refractivity (Wildman–Crippen MR) is 117 cm³/mol. The number of likely N-dealkylation sites (tertiary alicyclic amines) is 1. The molecule has 0 saturated carbocycles. The van der Waals surface area contributed by atoms with E-state index in [-0.39, 0.29) is 23.4 Å². The number of nitrogens with zero attached hydrogens (tertiary/aromatic N) is 3. The first-order valence-corrected chi connectivity index (χ1v) is 10.6. The zero-order valence-electron chi connectivity index (χ0n) is 17.3. The topological polar surface area (TPSA) is 83.3 Å². The summed E-state index contributed by atoms with van der Waals surface area (Å²) < 4.78 is 20.1. The lowest BCUT2D eigenvalue weighted by Gasteiger charge is -2.13. The molecule has 0 spiro atoms. The third-order valence-corrected chi connectivity index (χ3v) is 5.29. The van der Waals surface area contributed by atoms with E-state index in [4.69, 9.17) is 4.42 Å². The second-order valence-corrected chi connectivity index (χ2v) is 7.61. The number of aromatic nitrogens is 2. The van der Waals surface area contributed by atoms with E-state index in [9.17, 15) is 9.18 Å². The average Bonchev–Trinajstić information content (AvgIpc) is 3.47. The Hall–Kier alpha value is -3.26. The summed E-state index contributed by atoms with van der Waals surface area (Å²) in [6, 6.07) is 13.4. The molecule has 0 atom stereocenters. The van der Waals surface area contributed by atoms with Gasteiger partial charge < -0.3 is 20.0 Å². The Morgan fingerprint density at radius 1 is 1.06 bits per heavy atom. The lowest BCUT2D eigenvalue weighted by molar-refractivity contribution is 0.102. The van der Waals surface area contributed by atoms with Crippen LogP contribution in [0.2, 0.25) is 0 Å². The normalized spacial score (nSPS) is 14.0. The highest BCUT2D eigenvalue weighted by Crippen LogP contribution is 2.25. The van der Waals surface area contributed by atoms with Crippen LogP contribution >= 0.6 is 0 Å². The average molecular weight is 423 g/mol. The molecular weight excluding hydrogens is 397 g/mol. The molecule has 1 aliphatic heterocycles. The third-order valence-electron chi connectivity index (χ3n) is 5.29. The van der Waals surface area contributed by atoms with Gasteiger partial charge in [0.1, 0.15) is 5.82 Å². The molecular formula is C23H26FN5O2. The number of anilines is 2. The summed E-state index contributed by atoms with van der Waals surface area (Å²) in [4.78, 5) is 14.7. The maximum atomic E-state index is 14.6. The van der Waals surface area contributed by atoms with Crippen LogP contribution in [0.4, 0.5) is 16.1 Å². The van der Waals surface area contributed by atoms with E-state index in [0.29, 0.717) is 11.3 Å². The van der Waals surface area contributed by atoms with E-state index in [1.54, 1.807) is 30.3 Å². The van der Waals surface area contributed by atoms with Gasteiger partial charge in [0.2, 0.25) is 0 Å². The van der Waals surface area contributed by atoms with Crippen LogP contribution in [0.15, 0.2) is 52.9 Å². The Bertz CT molecular complexity index is 1000. The predicted octanol–water partition coefficient (Wildman–Crippen LogP) is 4.42. The molecule has 1 aromatic heterocycles. The van der Waals surface area contributed by atoms with Crippen molar-refractivity contribution in [1.82, 2.24) is 15.1 Å². The molecule has 0 aliphatic carbocycles. The Kier molecular flexibility index (Phi) is 6.89. The van der Waals surface area contributed by atoms with Crippen molar-refractivity contribution in [2.45, 2.75) is 25.7 Å². The van der Waals surface area contributed by atoms with Gasteiger partial charge in [0.25, 0.3) is 11.8 Å². The molecule has 2 heterocycles. The van der Waals surface area contributed by atoms with Crippen LogP contribution in [0.5, 0.6) is 0 Å². The van der Waals surface area contributed by atoms with Gasteiger partial charge in [-0.05, 0) is 75.6 Å². The number of hydrogen-bond acceptors (Lipinski definition) is 6. The van der Waals surface area contributed by atoms with E-state index in [2.05, 4.69) is 25.7 Å². The van der Waals surface area contributed by atoms with E-state index < -0.39 is 5.82 Å². The van der Waals surface area contributed by atoms with Gasteiger partial charge in [-0.3, -0.25) is 4.79 Å². The highest BCUT2D eigenvalue weighted by atomic mass is 19.1. The maximum absolute atomic E-state index is 14.6. The van der Waals surface area contributed by atoms with Crippen molar-refractivity contribution in [3.8, 4) is 11.5 Å². The van der Waals surface area contributed by atoms with Crippen LogP contribution in [-0.4, -0.2) is 47.2 Å². The number of halogens is 1. The number of hydrogen-bond donors (Lipinski definition) is 2. The summed E-state index contributed by atoms with van der Waals surface area (Å²) in [7, 11) is 0. The summed E-state index contributed by atoms with van der Waals surface area (Å²) in [5, 5.41) is 13.7. The molecule has 2 N–H and O–H groups in total. The summed E-state index contributed by atoms with van der Waals surface area (Å²) in [5.41, 5.74) is 1.04. The minimum absolute atomic E-state index is 0.0954. The van der Waals surface area contributed by atoms with E-state index in [1.165, 1.54) is 38.1 Å². The molecule has 0 radical (unpaired) electrons. The van der Waals surface area contributed by atoms with Gasteiger partial charge in [-0.15, -0.1) is 5.10 Å². The Morgan fingerprint density at radius 3 is 2.65 bits per heavy atom. The van der Waals surface area contributed by atoms with Crippen LogP contribution in [0.25, 0.3) is 11.5 Å². The van der Waals surface area contributed by atoms with Gasteiger partial charge in [0.15, 0.2) is 0 Å². The summed E-state index contributed by atoms with van der Waals surface area (Å²) >= 11 is 0. The molecule has 3 aromatic rings. The zero-order chi connectivity index (χ0) is 21.5. The van der Waals surface area contributed by atoms with Crippen LogP contribution in [-0.2, 0) is 0 Å². The third kappa shape index (κ3) is 5.67. The van der Waals surface area contributed by atoms with Crippen molar-refractivity contribution < 1.29 is 13.6 Å². The van der Waals surface area contributed by atoms with Crippen molar-refractivity contribution in [3.63, 3.8) is 0 Å². The SMILES string of the molecule is O=C(Nc1ccc(-c2nnc(NCCCCN3CCCC3)o2)c(F)c1)c1ccccc1. The molecule has 2 aromatic carbocycles. The summed E-state index contributed by atoms with van der Waals surface area (Å²) in [6.07, 6.45) is 4.72. The number of benzene rings is 2. The van der Waals surface area contributed by atoms with Crippen molar-refractivity contribution >= 4 is 17.6 Å². The van der Waals surface area contributed by atoms with Gasteiger partial charge in [0, 0.05) is 17.8 Å². The molecule has 1 saturated heterocycles. The smallest absolute Gasteiger partial charge is 0.315 e. The molecule has 1 amide bonds. The number of rotatable bonds is 9. The molecule has 162 valence electrons. The van der Waals surface area contributed by atoms with Crippen molar-refractivity contribution in [2.24, 2.45) is 0 Å². The van der Waals surface area contributed by atoms with Crippen LogP contribution in [0.1, 0.15) is 36.0 Å². The Morgan fingerprint density at radius 2 is 1.87 bits per heavy atom. The highest BCUT2D eigenvalue weighted by Gasteiger charge is 2.15. The Labute approximate surface area is 180 Å². The second-order valence-electron chi connectivity index (χ2n) is 7.61. The largest absolute Gasteiger partial charge is 0.403 e. The molecule has 0 unspecified atom stereocenters. The number of unbranched alkanes of at least 4 members (excludes halogenated alkanes) is 1. The molecule has 4 rings (SSSR count). The zero-order valence-corrected chi connectivity index (χ0v) is 17.3. The first-order valence-electron chi connectivity index (χ1n) is 10.6. The monoisotopic (exact) mass is 423 g/mol. The fourth-order valence-corrected chi connectivity index (χ4v) is 3.62. The van der Waals surface area contributed by atoms with Gasteiger partial charge in [-0.1, -0.05) is 23.3 Å². The molecule has 0 bridgehead atoms. The number of carbonyl (C=O) groups is 1. The van der Waals surface area contributed by atoms with E-state index in [0.717, 1.165) is 25.9 Å². The van der Waals surface area contributed by atoms with Crippen molar-refractivity contribution in [1.29, 1.82) is 0 Å². The second kappa shape index (κ2) is 10.2. The van der Waals surface area contributed by atoms with E-state index >= 15 is 0 Å². The van der Waals surface area contributed by atoms with Crippen LogP contribution in [0, 0.1) is 5.82 Å². The van der Waals surface area contributed by atoms with Crippen LogP contribution in [0.3, 0.4) is 0 Å². The Balaban J connectivity index is 1.29. The fourth-order valence-electron chi connectivity index (χ4n) is 3.62.